The van der Waals surface area contributed by atoms with Gasteiger partial charge in [0, 0.05) is 18.0 Å². The lowest BCUT2D eigenvalue weighted by Gasteiger charge is -2.16. The van der Waals surface area contributed by atoms with Crippen molar-refractivity contribution in [3.05, 3.63) is 69.8 Å². The zero-order valence-corrected chi connectivity index (χ0v) is 15.4. The van der Waals surface area contributed by atoms with Crippen LogP contribution in [0.4, 0.5) is 5.69 Å². The Kier molecular flexibility index (Phi) is 5.04. The van der Waals surface area contributed by atoms with Crippen LogP contribution in [0.15, 0.2) is 47.3 Å². The highest BCUT2D eigenvalue weighted by atomic mass is 16.5. The van der Waals surface area contributed by atoms with Crippen LogP contribution in [0.2, 0.25) is 0 Å². The molecule has 0 aliphatic carbocycles. The average Bonchev–Trinajstić information content (AvgIpc) is 2.65. The minimum absolute atomic E-state index is 0.0275. The number of ether oxygens (including phenoxy) is 2. The Morgan fingerprint density at radius 3 is 2.41 bits per heavy atom. The number of methoxy groups -OCH3 is 1. The third-order valence-corrected chi connectivity index (χ3v) is 4.17. The molecule has 3 aromatic rings. The maximum atomic E-state index is 12.8. The summed E-state index contributed by atoms with van der Waals surface area (Å²) in [6.07, 6.45) is -0.0275. The minimum atomic E-state index is -0.535. The Labute approximate surface area is 157 Å². The molecule has 0 bridgehead atoms. The summed E-state index contributed by atoms with van der Waals surface area (Å²) >= 11 is 0. The molecular formula is C21H20N2O4. The average molecular weight is 364 g/mol. The van der Waals surface area contributed by atoms with Crippen LogP contribution >= 0.6 is 0 Å². The van der Waals surface area contributed by atoms with E-state index >= 15 is 0 Å². The summed E-state index contributed by atoms with van der Waals surface area (Å²) in [5, 5.41) is 10.8. The molecule has 0 atom stereocenters. The number of fused-ring (bicyclic) bond motifs is 1. The van der Waals surface area contributed by atoms with Crippen LogP contribution in [-0.4, -0.2) is 22.9 Å². The molecule has 0 saturated heterocycles. The molecule has 0 spiro atoms. The Bertz CT molecular complexity index is 1080. The van der Waals surface area contributed by atoms with Gasteiger partial charge in [-0.15, -0.1) is 0 Å². The SMILES string of the molecule is [C-]#[N+]c1c(O)c2ccc(OC(C)C)cc2n(Cc2ccc(OC)cc2)c1=O. The van der Waals surface area contributed by atoms with Crippen LogP contribution in [0.3, 0.4) is 0 Å². The van der Waals surface area contributed by atoms with E-state index in [1.807, 2.05) is 38.1 Å². The number of hydrogen-bond donors (Lipinski definition) is 1. The summed E-state index contributed by atoms with van der Waals surface area (Å²) < 4.78 is 12.4. The summed E-state index contributed by atoms with van der Waals surface area (Å²) in [6, 6.07) is 12.4. The molecule has 0 fully saturated rings. The zero-order valence-electron chi connectivity index (χ0n) is 15.4. The molecule has 0 radical (unpaired) electrons. The van der Waals surface area contributed by atoms with E-state index in [2.05, 4.69) is 4.85 Å². The van der Waals surface area contributed by atoms with E-state index in [0.29, 0.717) is 16.7 Å². The highest BCUT2D eigenvalue weighted by Gasteiger charge is 2.17. The molecule has 138 valence electrons. The number of aromatic hydroxyl groups is 1. The standard InChI is InChI=1S/C21H20N2O4/c1-13(2)27-16-9-10-17-18(11-16)23(21(25)19(22-3)20(17)24)12-14-5-7-15(26-4)8-6-14/h5-11,13,24H,12H2,1-2,4H3. The topological polar surface area (TPSA) is 65.1 Å². The van der Waals surface area contributed by atoms with E-state index in [-0.39, 0.29) is 24.1 Å². The lowest BCUT2D eigenvalue weighted by atomic mass is 10.1. The highest BCUT2D eigenvalue weighted by molar-refractivity contribution is 5.91. The molecule has 0 amide bonds. The largest absolute Gasteiger partial charge is 0.518 e. The Morgan fingerprint density at radius 1 is 1.15 bits per heavy atom. The monoisotopic (exact) mass is 364 g/mol. The van der Waals surface area contributed by atoms with E-state index < -0.39 is 5.56 Å². The third-order valence-electron chi connectivity index (χ3n) is 4.17. The van der Waals surface area contributed by atoms with Gasteiger partial charge < -0.3 is 19.1 Å². The quantitative estimate of drug-likeness (QED) is 0.692. The highest BCUT2D eigenvalue weighted by Crippen LogP contribution is 2.34. The van der Waals surface area contributed by atoms with Crippen LogP contribution in [0.25, 0.3) is 15.7 Å². The summed E-state index contributed by atoms with van der Waals surface area (Å²) in [5.41, 5.74) is 0.566. The molecule has 1 aromatic heterocycles. The van der Waals surface area contributed by atoms with E-state index in [1.54, 1.807) is 25.3 Å². The number of hydrogen-bond acceptors (Lipinski definition) is 4. The molecule has 1 N–H and O–H groups in total. The van der Waals surface area contributed by atoms with Gasteiger partial charge in [-0.05, 0) is 43.7 Å². The first-order valence-corrected chi connectivity index (χ1v) is 8.51. The predicted molar refractivity (Wildman–Crippen MR) is 104 cm³/mol. The molecule has 0 aliphatic heterocycles. The number of pyridine rings is 1. The van der Waals surface area contributed by atoms with Crippen LogP contribution in [-0.2, 0) is 6.54 Å². The van der Waals surface area contributed by atoms with Gasteiger partial charge >= 0.3 is 0 Å². The number of nitrogens with zero attached hydrogens (tertiary/aromatic N) is 2. The van der Waals surface area contributed by atoms with Gasteiger partial charge in [-0.1, -0.05) is 12.1 Å². The molecule has 3 rings (SSSR count). The molecule has 27 heavy (non-hydrogen) atoms. The van der Waals surface area contributed by atoms with Crippen molar-refractivity contribution in [3.8, 4) is 17.2 Å². The molecule has 0 aliphatic rings. The Hall–Kier alpha value is -3.46. The minimum Gasteiger partial charge on any atom is -0.518 e. The van der Waals surface area contributed by atoms with Crippen LogP contribution in [0.1, 0.15) is 19.4 Å². The van der Waals surface area contributed by atoms with Gasteiger partial charge in [0.2, 0.25) is 0 Å². The van der Waals surface area contributed by atoms with Crippen LogP contribution < -0.4 is 15.0 Å². The van der Waals surface area contributed by atoms with Crippen molar-refractivity contribution in [2.45, 2.75) is 26.5 Å². The van der Waals surface area contributed by atoms with Gasteiger partial charge in [0.05, 0.1) is 25.3 Å². The van der Waals surface area contributed by atoms with Crippen molar-refractivity contribution < 1.29 is 14.6 Å². The number of benzene rings is 2. The van der Waals surface area contributed by atoms with Gasteiger partial charge in [-0.25, -0.2) is 4.85 Å². The van der Waals surface area contributed by atoms with Gasteiger partial charge in [0.1, 0.15) is 17.2 Å². The molecule has 2 aromatic carbocycles. The molecule has 6 heteroatoms. The van der Waals surface area contributed by atoms with Gasteiger partial charge in [-0.2, -0.15) is 0 Å². The normalized spacial score (nSPS) is 10.8. The van der Waals surface area contributed by atoms with E-state index in [9.17, 15) is 9.90 Å². The van der Waals surface area contributed by atoms with Gasteiger partial charge in [0.25, 0.3) is 11.2 Å². The summed E-state index contributed by atoms with van der Waals surface area (Å²) in [4.78, 5) is 16.1. The van der Waals surface area contributed by atoms with Crippen molar-refractivity contribution >= 4 is 16.6 Å². The second-order valence-corrected chi connectivity index (χ2v) is 6.39. The smallest absolute Gasteiger partial charge is 0.291 e. The van der Waals surface area contributed by atoms with Crippen molar-refractivity contribution in [2.75, 3.05) is 7.11 Å². The maximum absolute atomic E-state index is 12.8. The predicted octanol–water partition coefficient (Wildman–Crippen LogP) is 4.10. The second kappa shape index (κ2) is 7.42. The first kappa shape index (κ1) is 18.3. The maximum Gasteiger partial charge on any atom is 0.291 e. The van der Waals surface area contributed by atoms with Crippen LogP contribution in [0, 0.1) is 6.57 Å². The Morgan fingerprint density at radius 2 is 1.81 bits per heavy atom. The summed E-state index contributed by atoms with van der Waals surface area (Å²) in [6.45, 7) is 11.4. The molecule has 0 saturated carbocycles. The fourth-order valence-electron chi connectivity index (χ4n) is 2.92. The van der Waals surface area contributed by atoms with E-state index in [0.717, 1.165) is 11.3 Å². The first-order chi connectivity index (χ1) is 12.9. The first-order valence-electron chi connectivity index (χ1n) is 8.51. The molecular weight excluding hydrogens is 344 g/mol. The fraction of sp³-hybridized carbons (Fsp3) is 0.238. The lowest BCUT2D eigenvalue weighted by molar-refractivity contribution is 0.242. The molecule has 1 heterocycles. The zero-order chi connectivity index (χ0) is 19.6. The Balaban J connectivity index is 2.20. The molecule has 6 nitrogen and oxygen atoms in total. The fourth-order valence-corrected chi connectivity index (χ4v) is 2.92. The van der Waals surface area contributed by atoms with Crippen molar-refractivity contribution in [1.29, 1.82) is 0 Å². The number of rotatable bonds is 5. The van der Waals surface area contributed by atoms with Gasteiger partial charge in [-0.3, -0.25) is 4.79 Å². The number of aromatic nitrogens is 1. The third kappa shape index (κ3) is 3.58. The van der Waals surface area contributed by atoms with Crippen molar-refractivity contribution in [1.82, 2.24) is 4.57 Å². The van der Waals surface area contributed by atoms with Crippen molar-refractivity contribution in [2.24, 2.45) is 0 Å². The summed E-state index contributed by atoms with van der Waals surface area (Å²) in [7, 11) is 1.59. The van der Waals surface area contributed by atoms with Crippen LogP contribution in [0.5, 0.6) is 17.2 Å². The van der Waals surface area contributed by atoms with Crippen molar-refractivity contribution in [3.63, 3.8) is 0 Å². The second-order valence-electron chi connectivity index (χ2n) is 6.39. The van der Waals surface area contributed by atoms with E-state index in [1.165, 1.54) is 4.57 Å². The van der Waals surface area contributed by atoms with E-state index in [4.69, 9.17) is 16.0 Å². The van der Waals surface area contributed by atoms with Gasteiger partial charge in [0.15, 0.2) is 0 Å². The molecule has 0 unspecified atom stereocenters. The lowest BCUT2D eigenvalue weighted by Crippen LogP contribution is -2.21. The summed E-state index contributed by atoms with van der Waals surface area (Å²) in [5.74, 6) is 1.01.